The number of rotatable bonds is 6. The number of amides is 1. The van der Waals surface area contributed by atoms with Gasteiger partial charge in [0.25, 0.3) is 5.91 Å². The fourth-order valence-electron chi connectivity index (χ4n) is 2.06. The first kappa shape index (κ1) is 18.2. The van der Waals surface area contributed by atoms with E-state index >= 15 is 0 Å². The van der Waals surface area contributed by atoms with Crippen LogP contribution in [0.2, 0.25) is 5.02 Å². The van der Waals surface area contributed by atoms with Crippen molar-refractivity contribution in [2.45, 2.75) is 26.4 Å². The van der Waals surface area contributed by atoms with Gasteiger partial charge in [-0.2, -0.15) is 0 Å². The Morgan fingerprint density at radius 1 is 1.42 bits per heavy atom. The molecule has 0 aliphatic rings. The summed E-state index contributed by atoms with van der Waals surface area (Å²) in [5.74, 6) is -1.06. The number of carbonyl (C=O) groups is 2. The average molecular weight is 369 g/mol. The maximum atomic E-state index is 11.9. The summed E-state index contributed by atoms with van der Waals surface area (Å²) in [7, 11) is 0. The molecule has 0 spiro atoms. The van der Waals surface area contributed by atoms with Gasteiger partial charge in [0.15, 0.2) is 6.61 Å². The number of nitrogens with zero attached hydrogens (tertiary/aromatic N) is 1. The first-order valence-corrected chi connectivity index (χ1v) is 8.48. The summed E-state index contributed by atoms with van der Waals surface area (Å²) in [6, 6.07) is 6.87. The van der Waals surface area contributed by atoms with Crippen LogP contribution >= 0.6 is 22.9 Å². The zero-order valence-corrected chi connectivity index (χ0v) is 14.8. The van der Waals surface area contributed by atoms with Crippen molar-refractivity contribution in [3.63, 3.8) is 0 Å². The Morgan fingerprint density at radius 2 is 2.17 bits per heavy atom. The molecule has 0 fully saturated rings. The van der Waals surface area contributed by atoms with Crippen molar-refractivity contribution in [3.8, 4) is 0 Å². The Kier molecular flexibility index (Phi) is 6.16. The molecule has 0 saturated carbocycles. The van der Waals surface area contributed by atoms with Crippen molar-refractivity contribution in [1.82, 2.24) is 9.88 Å². The number of hydrogen-bond donors (Lipinski definition) is 1. The third-order valence-electron chi connectivity index (χ3n) is 3.35. The van der Waals surface area contributed by atoms with E-state index in [1.807, 2.05) is 6.07 Å². The van der Waals surface area contributed by atoms with E-state index in [1.54, 1.807) is 37.4 Å². The maximum Gasteiger partial charge on any atom is 0.326 e. The van der Waals surface area contributed by atoms with E-state index in [2.05, 4.69) is 5.32 Å². The molecule has 0 saturated heterocycles. The van der Waals surface area contributed by atoms with Gasteiger partial charge in [-0.15, -0.1) is 0 Å². The highest BCUT2D eigenvalue weighted by Crippen LogP contribution is 2.17. The van der Waals surface area contributed by atoms with Crippen LogP contribution in [0.25, 0.3) is 0 Å². The summed E-state index contributed by atoms with van der Waals surface area (Å²) < 4.78 is 6.22. The minimum atomic E-state index is -0.635. The zero-order valence-electron chi connectivity index (χ0n) is 13.2. The molecule has 0 aliphatic carbocycles. The molecule has 0 radical (unpaired) electrons. The smallest absolute Gasteiger partial charge is 0.326 e. The molecule has 1 atom stereocenters. The van der Waals surface area contributed by atoms with Crippen LogP contribution in [0.4, 0.5) is 0 Å². The number of halogens is 1. The lowest BCUT2D eigenvalue weighted by Gasteiger charge is -2.14. The van der Waals surface area contributed by atoms with E-state index < -0.39 is 18.5 Å². The predicted octanol–water partition coefficient (Wildman–Crippen LogP) is 2.29. The molecule has 1 N–H and O–H groups in total. The number of hydrogen-bond acceptors (Lipinski definition) is 5. The fraction of sp³-hybridized carbons (Fsp3) is 0.312. The van der Waals surface area contributed by atoms with Crippen LogP contribution < -0.4 is 10.2 Å². The van der Waals surface area contributed by atoms with Crippen LogP contribution in [0.5, 0.6) is 0 Å². The lowest BCUT2D eigenvalue weighted by Crippen LogP contribution is -2.32. The predicted molar refractivity (Wildman–Crippen MR) is 92.3 cm³/mol. The van der Waals surface area contributed by atoms with Gasteiger partial charge in [0, 0.05) is 16.1 Å². The monoisotopic (exact) mass is 368 g/mol. The summed E-state index contributed by atoms with van der Waals surface area (Å²) >= 11 is 6.93. The number of aryl methyl sites for hydroxylation is 1. The first-order chi connectivity index (χ1) is 11.4. The van der Waals surface area contributed by atoms with Gasteiger partial charge in [-0.25, -0.2) is 0 Å². The lowest BCUT2D eigenvalue weighted by atomic mass is 10.1. The Bertz CT molecular complexity index is 799. The van der Waals surface area contributed by atoms with E-state index in [0.29, 0.717) is 10.7 Å². The molecule has 8 heteroatoms. The van der Waals surface area contributed by atoms with Crippen LogP contribution in [-0.2, 0) is 20.9 Å². The number of thiazole rings is 1. The van der Waals surface area contributed by atoms with Gasteiger partial charge in [-0.1, -0.05) is 35.1 Å². The lowest BCUT2D eigenvalue weighted by molar-refractivity contribution is -0.149. The third kappa shape index (κ3) is 4.94. The first-order valence-electron chi connectivity index (χ1n) is 7.22. The molecule has 128 valence electrons. The molecule has 2 rings (SSSR count). The normalized spacial score (nSPS) is 11.8. The summed E-state index contributed by atoms with van der Waals surface area (Å²) in [4.78, 5) is 34.9. The highest BCUT2D eigenvalue weighted by molar-refractivity contribution is 7.07. The van der Waals surface area contributed by atoms with Crippen molar-refractivity contribution in [1.29, 1.82) is 0 Å². The minimum absolute atomic E-state index is 0.203. The van der Waals surface area contributed by atoms with Crippen molar-refractivity contribution in [2.24, 2.45) is 0 Å². The fourth-order valence-corrected chi connectivity index (χ4v) is 2.99. The second-order valence-electron chi connectivity index (χ2n) is 5.23. The number of esters is 1. The number of aromatic nitrogens is 1. The van der Waals surface area contributed by atoms with Gasteiger partial charge in [-0.05, 0) is 31.5 Å². The van der Waals surface area contributed by atoms with Crippen molar-refractivity contribution in [2.75, 3.05) is 6.61 Å². The Balaban J connectivity index is 1.82. The topological polar surface area (TPSA) is 77.4 Å². The second kappa shape index (κ2) is 8.12. The number of benzene rings is 1. The van der Waals surface area contributed by atoms with E-state index in [4.69, 9.17) is 16.3 Å². The summed E-state index contributed by atoms with van der Waals surface area (Å²) in [5.41, 5.74) is 1.53. The molecule has 24 heavy (non-hydrogen) atoms. The molecule has 0 unspecified atom stereocenters. The Morgan fingerprint density at radius 3 is 2.79 bits per heavy atom. The van der Waals surface area contributed by atoms with Crippen molar-refractivity contribution in [3.05, 3.63) is 55.6 Å². The summed E-state index contributed by atoms with van der Waals surface area (Å²) in [6.07, 6.45) is 0. The Hall–Kier alpha value is -2.12. The highest BCUT2D eigenvalue weighted by atomic mass is 35.5. The molecular formula is C16H17ClN2O4S. The van der Waals surface area contributed by atoms with Gasteiger partial charge in [0.2, 0.25) is 0 Å². The largest absolute Gasteiger partial charge is 0.454 e. The van der Waals surface area contributed by atoms with Crippen LogP contribution in [0.15, 0.2) is 34.4 Å². The molecule has 2 aromatic rings. The van der Waals surface area contributed by atoms with Gasteiger partial charge in [0.05, 0.1) is 6.04 Å². The minimum Gasteiger partial charge on any atom is -0.454 e. The number of carbonyl (C=O) groups excluding carboxylic acids is 2. The number of nitrogens with one attached hydrogen (secondary N) is 1. The van der Waals surface area contributed by atoms with E-state index in [9.17, 15) is 14.4 Å². The van der Waals surface area contributed by atoms with Crippen LogP contribution in [0.3, 0.4) is 0 Å². The van der Waals surface area contributed by atoms with Gasteiger partial charge in [-0.3, -0.25) is 19.0 Å². The molecule has 1 aromatic carbocycles. The molecule has 1 aromatic heterocycles. The molecular weight excluding hydrogens is 352 g/mol. The molecule has 0 aliphatic heterocycles. The van der Waals surface area contributed by atoms with Crippen molar-refractivity contribution >= 4 is 34.8 Å². The molecule has 6 nitrogen and oxygen atoms in total. The molecule has 0 bridgehead atoms. The van der Waals surface area contributed by atoms with Gasteiger partial charge >= 0.3 is 10.8 Å². The van der Waals surface area contributed by atoms with Crippen LogP contribution in [0, 0.1) is 6.92 Å². The standard InChI is InChI=1S/C16H17ClN2O4S/c1-10-9-24-16(22)19(10)7-15(21)23-8-14(20)18-11(2)12-4-3-5-13(17)6-12/h3-6,9,11H,7-8H2,1-2H3,(H,18,20)/t11-/m1/s1. The zero-order chi connectivity index (χ0) is 17.7. The molecule has 1 heterocycles. The average Bonchev–Trinajstić information content (AvgIpc) is 2.85. The van der Waals surface area contributed by atoms with Crippen molar-refractivity contribution < 1.29 is 14.3 Å². The second-order valence-corrected chi connectivity index (χ2v) is 6.49. The summed E-state index contributed by atoms with van der Waals surface area (Å²) in [5, 5.41) is 4.96. The van der Waals surface area contributed by atoms with E-state index in [-0.39, 0.29) is 17.5 Å². The third-order valence-corrected chi connectivity index (χ3v) is 4.47. The summed E-state index contributed by atoms with van der Waals surface area (Å²) in [6.45, 7) is 2.93. The van der Waals surface area contributed by atoms with Crippen LogP contribution in [-0.4, -0.2) is 23.1 Å². The maximum absolute atomic E-state index is 11.9. The Labute approximate surface area is 148 Å². The molecule has 1 amide bonds. The highest BCUT2D eigenvalue weighted by Gasteiger charge is 2.14. The van der Waals surface area contributed by atoms with E-state index in [0.717, 1.165) is 16.9 Å². The van der Waals surface area contributed by atoms with E-state index in [1.165, 1.54) is 4.57 Å². The number of ether oxygens (including phenoxy) is 1. The van der Waals surface area contributed by atoms with Crippen LogP contribution in [0.1, 0.15) is 24.2 Å². The SMILES string of the molecule is Cc1csc(=O)n1CC(=O)OCC(=O)N[C@H](C)c1cccc(Cl)c1. The van der Waals surface area contributed by atoms with Gasteiger partial charge < -0.3 is 10.1 Å². The quantitative estimate of drug-likeness (QED) is 0.793. The van der Waals surface area contributed by atoms with Gasteiger partial charge in [0.1, 0.15) is 6.54 Å².